The van der Waals surface area contributed by atoms with Crippen LogP contribution in [0.2, 0.25) is 0 Å². The van der Waals surface area contributed by atoms with Crippen molar-refractivity contribution in [2.45, 2.75) is 5.03 Å². The number of amides is 1. The summed E-state index contributed by atoms with van der Waals surface area (Å²) in [4.78, 5) is 16.4. The summed E-state index contributed by atoms with van der Waals surface area (Å²) >= 11 is 1.45. The van der Waals surface area contributed by atoms with E-state index in [2.05, 4.69) is 10.3 Å². The number of pyridine rings is 1. The molecular formula is C14H14N2O2S. The molecular weight excluding hydrogens is 260 g/mol. The van der Waals surface area contributed by atoms with Crippen molar-refractivity contribution in [1.82, 2.24) is 4.98 Å². The van der Waals surface area contributed by atoms with Crippen LogP contribution in [0.25, 0.3) is 0 Å². The van der Waals surface area contributed by atoms with Crippen LogP contribution in [0.4, 0.5) is 5.69 Å². The number of benzene rings is 1. The minimum Gasteiger partial charge on any atom is -0.497 e. The van der Waals surface area contributed by atoms with Gasteiger partial charge in [-0.15, -0.1) is 11.8 Å². The zero-order chi connectivity index (χ0) is 13.7. The molecule has 2 aromatic rings. The summed E-state index contributed by atoms with van der Waals surface area (Å²) in [5.41, 5.74) is 1.26. The number of hydrogen-bond acceptors (Lipinski definition) is 4. The predicted molar refractivity (Wildman–Crippen MR) is 77.0 cm³/mol. The summed E-state index contributed by atoms with van der Waals surface area (Å²) in [6, 6.07) is 10.7. The number of aromatic nitrogens is 1. The number of nitrogens with one attached hydrogen (secondary N) is 1. The van der Waals surface area contributed by atoms with Crippen LogP contribution in [0.5, 0.6) is 5.75 Å². The van der Waals surface area contributed by atoms with Gasteiger partial charge in [-0.05, 0) is 30.5 Å². The lowest BCUT2D eigenvalue weighted by atomic mass is 10.2. The second-order valence-electron chi connectivity index (χ2n) is 3.75. The Balaban J connectivity index is 2.20. The summed E-state index contributed by atoms with van der Waals surface area (Å²) in [5, 5.41) is 3.55. The summed E-state index contributed by atoms with van der Waals surface area (Å²) in [5.74, 6) is 0.528. The largest absolute Gasteiger partial charge is 0.497 e. The fraction of sp³-hybridized carbons (Fsp3) is 0.143. The summed E-state index contributed by atoms with van der Waals surface area (Å²) in [7, 11) is 1.59. The van der Waals surface area contributed by atoms with Crippen LogP contribution in [0.15, 0.2) is 47.6 Å². The van der Waals surface area contributed by atoms with E-state index in [9.17, 15) is 4.79 Å². The quantitative estimate of drug-likeness (QED) is 0.871. The number of hydrogen-bond donors (Lipinski definition) is 1. The fourth-order valence-corrected chi connectivity index (χ4v) is 2.17. The standard InChI is InChI=1S/C14H14N2O2S/c1-18-11-6-3-5-10(9-11)16-13(17)12-7-4-8-15-14(12)19-2/h3-9H,1-2H3,(H,16,17). The first-order chi connectivity index (χ1) is 9.24. The normalized spacial score (nSPS) is 10.0. The monoisotopic (exact) mass is 274 g/mol. The third kappa shape index (κ3) is 3.26. The molecule has 5 heteroatoms. The minimum atomic E-state index is -0.175. The van der Waals surface area contributed by atoms with Gasteiger partial charge >= 0.3 is 0 Å². The van der Waals surface area contributed by atoms with Crippen molar-refractivity contribution in [3.8, 4) is 5.75 Å². The van der Waals surface area contributed by atoms with Gasteiger partial charge in [0.25, 0.3) is 5.91 Å². The van der Waals surface area contributed by atoms with Gasteiger partial charge < -0.3 is 10.1 Å². The van der Waals surface area contributed by atoms with Crippen LogP contribution >= 0.6 is 11.8 Å². The van der Waals surface area contributed by atoms with Gasteiger partial charge in [0.2, 0.25) is 0 Å². The Labute approximate surface area is 116 Å². The Morgan fingerprint density at radius 3 is 2.89 bits per heavy atom. The molecule has 0 atom stereocenters. The lowest BCUT2D eigenvalue weighted by molar-refractivity contribution is 0.102. The average Bonchev–Trinajstić information content (AvgIpc) is 2.47. The molecule has 0 aliphatic rings. The van der Waals surface area contributed by atoms with Gasteiger partial charge in [0, 0.05) is 18.0 Å². The lowest BCUT2D eigenvalue weighted by Crippen LogP contribution is -2.13. The molecule has 4 nitrogen and oxygen atoms in total. The molecule has 98 valence electrons. The number of carbonyl (C=O) groups is 1. The van der Waals surface area contributed by atoms with Gasteiger partial charge in [-0.2, -0.15) is 0 Å². The summed E-state index contributed by atoms with van der Waals surface area (Å²) in [6.45, 7) is 0. The molecule has 1 heterocycles. The Morgan fingerprint density at radius 1 is 1.32 bits per heavy atom. The van der Waals surface area contributed by atoms with Crippen molar-refractivity contribution >= 4 is 23.4 Å². The molecule has 1 aromatic carbocycles. The van der Waals surface area contributed by atoms with Crippen molar-refractivity contribution < 1.29 is 9.53 Å². The molecule has 0 saturated heterocycles. The molecule has 0 unspecified atom stereocenters. The molecule has 19 heavy (non-hydrogen) atoms. The first kappa shape index (κ1) is 13.4. The van der Waals surface area contributed by atoms with E-state index in [1.165, 1.54) is 11.8 Å². The number of rotatable bonds is 4. The van der Waals surface area contributed by atoms with E-state index in [0.29, 0.717) is 22.0 Å². The van der Waals surface area contributed by atoms with Gasteiger partial charge in [-0.3, -0.25) is 4.79 Å². The lowest BCUT2D eigenvalue weighted by Gasteiger charge is -2.08. The van der Waals surface area contributed by atoms with Crippen LogP contribution in [0.3, 0.4) is 0 Å². The van der Waals surface area contributed by atoms with Gasteiger partial charge in [-0.25, -0.2) is 4.98 Å². The maximum atomic E-state index is 12.2. The highest BCUT2D eigenvalue weighted by Crippen LogP contribution is 2.20. The second-order valence-corrected chi connectivity index (χ2v) is 4.54. The first-order valence-electron chi connectivity index (χ1n) is 5.69. The zero-order valence-corrected chi connectivity index (χ0v) is 11.5. The molecule has 1 aromatic heterocycles. The van der Waals surface area contributed by atoms with Crippen molar-refractivity contribution in [3.63, 3.8) is 0 Å². The minimum absolute atomic E-state index is 0.175. The van der Waals surface area contributed by atoms with E-state index in [0.717, 1.165) is 0 Å². The van der Waals surface area contributed by atoms with Crippen LogP contribution in [-0.4, -0.2) is 24.3 Å². The Kier molecular flexibility index (Phi) is 4.41. The topological polar surface area (TPSA) is 51.2 Å². The predicted octanol–water partition coefficient (Wildman–Crippen LogP) is 3.06. The van der Waals surface area contributed by atoms with E-state index in [1.807, 2.05) is 24.5 Å². The SMILES string of the molecule is COc1cccc(NC(=O)c2cccnc2SC)c1. The van der Waals surface area contributed by atoms with E-state index in [-0.39, 0.29) is 5.91 Å². The van der Waals surface area contributed by atoms with Gasteiger partial charge in [0.15, 0.2) is 0 Å². The first-order valence-corrected chi connectivity index (χ1v) is 6.91. The highest BCUT2D eigenvalue weighted by atomic mass is 32.2. The molecule has 0 saturated carbocycles. The Hall–Kier alpha value is -2.01. The van der Waals surface area contributed by atoms with Crippen LogP contribution in [-0.2, 0) is 0 Å². The third-order valence-electron chi connectivity index (χ3n) is 2.54. The third-order valence-corrected chi connectivity index (χ3v) is 3.25. The van der Waals surface area contributed by atoms with Crippen molar-refractivity contribution in [3.05, 3.63) is 48.2 Å². The maximum absolute atomic E-state index is 12.2. The van der Waals surface area contributed by atoms with Gasteiger partial charge in [-0.1, -0.05) is 6.07 Å². The molecule has 0 radical (unpaired) electrons. The number of anilines is 1. The summed E-state index contributed by atoms with van der Waals surface area (Å²) < 4.78 is 5.12. The van der Waals surface area contributed by atoms with E-state index in [4.69, 9.17) is 4.74 Å². The van der Waals surface area contributed by atoms with E-state index < -0.39 is 0 Å². The average molecular weight is 274 g/mol. The molecule has 0 bridgehead atoms. The van der Waals surface area contributed by atoms with Gasteiger partial charge in [0.05, 0.1) is 12.7 Å². The van der Waals surface area contributed by atoms with E-state index in [1.54, 1.807) is 31.5 Å². The number of carbonyl (C=O) groups excluding carboxylic acids is 1. The Bertz CT molecular complexity index is 587. The molecule has 0 spiro atoms. The van der Waals surface area contributed by atoms with Crippen molar-refractivity contribution in [2.75, 3.05) is 18.7 Å². The Morgan fingerprint density at radius 2 is 2.16 bits per heavy atom. The molecule has 0 aliphatic heterocycles. The molecule has 1 amide bonds. The maximum Gasteiger partial charge on any atom is 0.258 e. The summed E-state index contributed by atoms with van der Waals surface area (Å²) in [6.07, 6.45) is 3.57. The highest BCUT2D eigenvalue weighted by molar-refractivity contribution is 7.98. The van der Waals surface area contributed by atoms with Crippen LogP contribution < -0.4 is 10.1 Å². The molecule has 0 aliphatic carbocycles. The highest BCUT2D eigenvalue weighted by Gasteiger charge is 2.11. The molecule has 0 fully saturated rings. The molecule has 1 N–H and O–H groups in total. The van der Waals surface area contributed by atoms with Crippen LogP contribution in [0.1, 0.15) is 10.4 Å². The zero-order valence-electron chi connectivity index (χ0n) is 10.7. The smallest absolute Gasteiger partial charge is 0.258 e. The number of nitrogens with zero attached hydrogens (tertiary/aromatic N) is 1. The number of ether oxygens (including phenoxy) is 1. The van der Waals surface area contributed by atoms with Crippen LogP contribution in [0, 0.1) is 0 Å². The number of thioether (sulfide) groups is 1. The van der Waals surface area contributed by atoms with Crippen molar-refractivity contribution in [1.29, 1.82) is 0 Å². The molecule has 2 rings (SSSR count). The second kappa shape index (κ2) is 6.24. The van der Waals surface area contributed by atoms with E-state index >= 15 is 0 Å². The fourth-order valence-electron chi connectivity index (χ4n) is 1.63. The van der Waals surface area contributed by atoms with Gasteiger partial charge in [0.1, 0.15) is 10.8 Å². The number of methoxy groups -OCH3 is 1. The van der Waals surface area contributed by atoms with Crippen molar-refractivity contribution in [2.24, 2.45) is 0 Å².